The van der Waals surface area contributed by atoms with Gasteiger partial charge in [-0.2, -0.15) is 0 Å². The van der Waals surface area contributed by atoms with E-state index in [4.69, 9.17) is 17.3 Å². The van der Waals surface area contributed by atoms with E-state index in [2.05, 4.69) is 15.0 Å². The lowest BCUT2D eigenvalue weighted by atomic mass is 9.95. The summed E-state index contributed by atoms with van der Waals surface area (Å²) in [5.41, 5.74) is 8.43. The van der Waals surface area contributed by atoms with Crippen molar-refractivity contribution in [3.63, 3.8) is 0 Å². The number of nitrogens with two attached hydrogens (primary N) is 1. The molecule has 1 aliphatic rings. The van der Waals surface area contributed by atoms with E-state index in [1.807, 2.05) is 6.07 Å². The van der Waals surface area contributed by atoms with E-state index < -0.39 is 6.36 Å². The number of rotatable bonds is 4. The van der Waals surface area contributed by atoms with Crippen LogP contribution in [0.1, 0.15) is 17.2 Å². The van der Waals surface area contributed by atoms with Gasteiger partial charge in [-0.3, -0.25) is 4.90 Å². The van der Waals surface area contributed by atoms with Crippen molar-refractivity contribution in [3.8, 4) is 5.75 Å². The predicted molar refractivity (Wildman–Crippen MR) is 95.3 cm³/mol. The summed E-state index contributed by atoms with van der Waals surface area (Å²) < 4.78 is 41.1. The number of nitrogens with one attached hydrogen (secondary N) is 1. The summed E-state index contributed by atoms with van der Waals surface area (Å²) in [6.07, 6.45) is -4.71. The second-order valence-electron chi connectivity index (χ2n) is 6.08. The molecule has 1 fully saturated rings. The minimum Gasteiger partial charge on any atom is -0.406 e. The van der Waals surface area contributed by atoms with Crippen molar-refractivity contribution in [1.82, 2.24) is 10.2 Å². The average Bonchev–Trinajstić information content (AvgIpc) is 2.59. The highest BCUT2D eigenvalue weighted by atomic mass is 35.5. The molecule has 0 amide bonds. The van der Waals surface area contributed by atoms with Gasteiger partial charge < -0.3 is 15.8 Å². The molecule has 1 saturated heterocycles. The van der Waals surface area contributed by atoms with Crippen LogP contribution in [0, 0.1) is 0 Å². The lowest BCUT2D eigenvalue weighted by molar-refractivity contribution is -0.274. The van der Waals surface area contributed by atoms with Gasteiger partial charge in [0.2, 0.25) is 0 Å². The molecule has 0 aromatic heterocycles. The van der Waals surface area contributed by atoms with Gasteiger partial charge in [-0.15, -0.1) is 13.2 Å². The Labute approximate surface area is 154 Å². The van der Waals surface area contributed by atoms with Gasteiger partial charge in [-0.1, -0.05) is 23.7 Å². The molecule has 2 aromatic carbocycles. The van der Waals surface area contributed by atoms with Crippen LogP contribution in [-0.4, -0.2) is 37.4 Å². The predicted octanol–water partition coefficient (Wildman–Crippen LogP) is 3.82. The van der Waals surface area contributed by atoms with Crippen LogP contribution in [0.5, 0.6) is 5.75 Å². The largest absolute Gasteiger partial charge is 0.573 e. The quantitative estimate of drug-likeness (QED) is 0.786. The Bertz CT molecular complexity index is 746. The van der Waals surface area contributed by atoms with Gasteiger partial charge in [0.1, 0.15) is 5.75 Å². The van der Waals surface area contributed by atoms with E-state index in [0.717, 1.165) is 37.3 Å². The van der Waals surface area contributed by atoms with E-state index >= 15 is 0 Å². The van der Waals surface area contributed by atoms with Gasteiger partial charge in [0, 0.05) is 36.9 Å². The molecule has 0 aliphatic carbocycles. The van der Waals surface area contributed by atoms with Crippen molar-refractivity contribution in [2.75, 3.05) is 31.9 Å². The molecular formula is C18H19ClF3N3O. The van der Waals surface area contributed by atoms with Crippen LogP contribution in [0.2, 0.25) is 5.02 Å². The van der Waals surface area contributed by atoms with Gasteiger partial charge in [0.05, 0.1) is 6.04 Å². The summed E-state index contributed by atoms with van der Waals surface area (Å²) in [6, 6.07) is 11.0. The van der Waals surface area contributed by atoms with Crippen LogP contribution in [0.25, 0.3) is 0 Å². The zero-order valence-corrected chi connectivity index (χ0v) is 14.6. The maximum atomic E-state index is 12.4. The number of ether oxygens (including phenoxy) is 1. The molecule has 1 aliphatic heterocycles. The van der Waals surface area contributed by atoms with Gasteiger partial charge in [-0.05, 0) is 41.5 Å². The molecular weight excluding hydrogens is 367 g/mol. The third-order valence-corrected chi connectivity index (χ3v) is 4.52. The number of piperazine rings is 1. The van der Waals surface area contributed by atoms with Crippen LogP contribution in [0.15, 0.2) is 42.5 Å². The van der Waals surface area contributed by atoms with Crippen LogP contribution in [0.3, 0.4) is 0 Å². The Morgan fingerprint density at radius 1 is 1.08 bits per heavy atom. The summed E-state index contributed by atoms with van der Waals surface area (Å²) >= 11 is 6.15. The third kappa shape index (κ3) is 4.60. The van der Waals surface area contributed by atoms with Crippen molar-refractivity contribution in [2.24, 2.45) is 0 Å². The van der Waals surface area contributed by atoms with Crippen LogP contribution in [0.4, 0.5) is 18.9 Å². The van der Waals surface area contributed by atoms with Crippen molar-refractivity contribution in [2.45, 2.75) is 12.4 Å². The first-order chi connectivity index (χ1) is 12.3. The van der Waals surface area contributed by atoms with Gasteiger partial charge in [0.25, 0.3) is 0 Å². The van der Waals surface area contributed by atoms with Crippen molar-refractivity contribution < 1.29 is 17.9 Å². The zero-order chi connectivity index (χ0) is 18.7. The number of hydrogen-bond donors (Lipinski definition) is 2. The Balaban J connectivity index is 1.96. The topological polar surface area (TPSA) is 50.5 Å². The van der Waals surface area contributed by atoms with Crippen molar-refractivity contribution in [1.29, 1.82) is 0 Å². The molecule has 140 valence electrons. The Kier molecular flexibility index (Phi) is 5.60. The summed E-state index contributed by atoms with van der Waals surface area (Å²) in [5.74, 6) is -0.251. The second-order valence-corrected chi connectivity index (χ2v) is 6.52. The number of anilines is 1. The first-order valence-electron chi connectivity index (χ1n) is 8.19. The highest BCUT2D eigenvalue weighted by Gasteiger charge is 2.31. The standard InChI is InChI=1S/C18H19ClF3N3O/c19-13-3-6-16(23)15(11-13)17(25-9-7-24-8-10-25)12-1-4-14(5-2-12)26-18(20,21)22/h1-6,11,17,24H,7-10,23H2/t17-/m0/s1. The molecule has 0 spiro atoms. The molecule has 3 rings (SSSR count). The normalized spacial score (nSPS) is 17.1. The molecule has 2 aromatic rings. The lowest BCUT2D eigenvalue weighted by Gasteiger charge is -2.36. The fourth-order valence-corrected chi connectivity index (χ4v) is 3.34. The number of nitrogen functional groups attached to an aromatic ring is 1. The molecule has 3 N–H and O–H groups in total. The van der Waals surface area contributed by atoms with E-state index in [1.54, 1.807) is 24.3 Å². The van der Waals surface area contributed by atoms with Gasteiger partial charge in [-0.25, -0.2) is 0 Å². The van der Waals surface area contributed by atoms with E-state index in [-0.39, 0.29) is 11.8 Å². The first kappa shape index (κ1) is 18.8. The maximum Gasteiger partial charge on any atom is 0.573 e. The molecule has 8 heteroatoms. The molecule has 0 bridgehead atoms. The number of benzene rings is 2. The molecule has 4 nitrogen and oxygen atoms in total. The molecule has 26 heavy (non-hydrogen) atoms. The van der Waals surface area contributed by atoms with Crippen molar-refractivity contribution >= 4 is 17.3 Å². The summed E-state index contributed by atoms with van der Waals surface area (Å²) in [4.78, 5) is 2.23. The maximum absolute atomic E-state index is 12.4. The molecule has 0 unspecified atom stereocenters. The number of nitrogens with zero attached hydrogens (tertiary/aromatic N) is 1. The molecule has 1 atom stereocenters. The minimum atomic E-state index is -4.71. The fraction of sp³-hybridized carbons (Fsp3) is 0.333. The van der Waals surface area contributed by atoms with Crippen LogP contribution < -0.4 is 15.8 Å². The second kappa shape index (κ2) is 7.73. The number of halogens is 4. The molecule has 0 saturated carbocycles. The van der Waals surface area contributed by atoms with Crippen LogP contribution >= 0.6 is 11.6 Å². The average molecular weight is 386 g/mol. The highest BCUT2D eigenvalue weighted by molar-refractivity contribution is 6.30. The highest BCUT2D eigenvalue weighted by Crippen LogP contribution is 2.35. The van der Waals surface area contributed by atoms with Gasteiger partial charge in [0.15, 0.2) is 0 Å². The minimum absolute atomic E-state index is 0.198. The summed E-state index contributed by atoms with van der Waals surface area (Å²) in [5, 5.41) is 3.85. The SMILES string of the molecule is Nc1ccc(Cl)cc1[C@H](c1ccc(OC(F)(F)F)cc1)N1CCNCC1. The first-order valence-corrected chi connectivity index (χ1v) is 8.57. The Morgan fingerprint density at radius 2 is 1.73 bits per heavy atom. The summed E-state index contributed by atoms with van der Waals surface area (Å²) in [6.45, 7) is 3.23. The number of alkyl halides is 3. The van der Waals surface area contributed by atoms with Gasteiger partial charge >= 0.3 is 6.36 Å². The van der Waals surface area contributed by atoms with Crippen molar-refractivity contribution in [3.05, 3.63) is 58.6 Å². The Hall–Kier alpha value is -1.96. The Morgan fingerprint density at radius 3 is 2.35 bits per heavy atom. The van der Waals surface area contributed by atoms with Crippen LogP contribution in [-0.2, 0) is 0 Å². The fourth-order valence-electron chi connectivity index (χ4n) is 3.16. The van der Waals surface area contributed by atoms with E-state index in [0.29, 0.717) is 10.7 Å². The third-order valence-electron chi connectivity index (χ3n) is 4.29. The lowest BCUT2D eigenvalue weighted by Crippen LogP contribution is -2.45. The monoisotopic (exact) mass is 385 g/mol. The number of hydrogen-bond acceptors (Lipinski definition) is 4. The smallest absolute Gasteiger partial charge is 0.406 e. The zero-order valence-electron chi connectivity index (χ0n) is 13.9. The summed E-state index contributed by atoms with van der Waals surface area (Å²) in [7, 11) is 0. The molecule has 1 heterocycles. The van der Waals surface area contributed by atoms with E-state index in [9.17, 15) is 13.2 Å². The van der Waals surface area contributed by atoms with E-state index in [1.165, 1.54) is 12.1 Å². The molecule has 0 radical (unpaired) electrons.